The lowest BCUT2D eigenvalue weighted by Crippen LogP contribution is -2.38. The molecule has 0 aliphatic carbocycles. The second-order valence-corrected chi connectivity index (χ2v) is 2.56. The van der Waals surface area contributed by atoms with Crippen LogP contribution in [0.4, 0.5) is 0 Å². The van der Waals surface area contributed by atoms with E-state index in [2.05, 4.69) is 0 Å². The first-order valence-corrected chi connectivity index (χ1v) is 2.86. The van der Waals surface area contributed by atoms with Crippen molar-refractivity contribution in [1.29, 1.82) is 0 Å². The van der Waals surface area contributed by atoms with Gasteiger partial charge in [-0.05, 0) is 6.92 Å². The van der Waals surface area contributed by atoms with E-state index in [9.17, 15) is 4.79 Å². The van der Waals surface area contributed by atoms with Gasteiger partial charge in [-0.2, -0.15) is 0 Å². The number of carbonyl (C=O) groups excluding carboxylic acids is 1. The van der Waals surface area contributed by atoms with Gasteiger partial charge >= 0.3 is 0 Å². The number of rotatable bonds is 3. The molecule has 0 fully saturated rings. The lowest BCUT2D eigenvalue weighted by molar-refractivity contribution is -0.121. The highest BCUT2D eigenvalue weighted by Crippen LogP contribution is 2.13. The Balaban J connectivity index is 4.09. The van der Waals surface area contributed by atoms with E-state index in [1.807, 2.05) is 0 Å². The minimum atomic E-state index is -1.47. The third-order valence-electron chi connectivity index (χ3n) is 1.13. The molecule has 0 aromatic rings. The van der Waals surface area contributed by atoms with Crippen LogP contribution >= 0.6 is 11.6 Å². The number of ketones is 1. The average molecular weight is 153 g/mol. The van der Waals surface area contributed by atoms with Crippen LogP contribution in [0.3, 0.4) is 0 Å². The van der Waals surface area contributed by atoms with Crippen LogP contribution in [0.2, 0.25) is 0 Å². The standard InChI is InChI=1S/C5H9ClO3/c1-4(9)5(6,2-7)3-8/h7-8H,2-3H2,1H3. The number of alkyl halides is 1. The molecule has 0 aliphatic heterocycles. The SMILES string of the molecule is CC(=O)C(Cl)(CO)CO. The first-order chi connectivity index (χ1) is 4.06. The fraction of sp³-hybridized carbons (Fsp3) is 0.800. The second kappa shape index (κ2) is 3.15. The Bertz CT molecular complexity index is 109. The van der Waals surface area contributed by atoms with E-state index < -0.39 is 23.9 Å². The third-order valence-corrected chi connectivity index (χ3v) is 1.64. The molecule has 0 unspecified atom stereocenters. The fourth-order valence-electron chi connectivity index (χ4n) is 0.273. The predicted molar refractivity (Wildman–Crippen MR) is 33.4 cm³/mol. The quantitative estimate of drug-likeness (QED) is 0.538. The number of hydrogen-bond donors (Lipinski definition) is 2. The summed E-state index contributed by atoms with van der Waals surface area (Å²) in [7, 11) is 0. The summed E-state index contributed by atoms with van der Waals surface area (Å²) in [6, 6.07) is 0. The largest absolute Gasteiger partial charge is 0.394 e. The molecule has 0 atom stereocenters. The number of Topliss-reactive ketones (excluding diaryl/α,β-unsaturated/α-hetero) is 1. The molecular weight excluding hydrogens is 144 g/mol. The molecule has 0 bridgehead atoms. The first-order valence-electron chi connectivity index (χ1n) is 2.48. The van der Waals surface area contributed by atoms with Crippen molar-refractivity contribution in [3.63, 3.8) is 0 Å². The second-order valence-electron chi connectivity index (χ2n) is 1.84. The molecule has 0 rings (SSSR count). The van der Waals surface area contributed by atoms with Gasteiger partial charge in [0.2, 0.25) is 0 Å². The van der Waals surface area contributed by atoms with Crippen molar-refractivity contribution in [2.45, 2.75) is 11.8 Å². The Morgan fingerprint density at radius 1 is 1.56 bits per heavy atom. The number of carbonyl (C=O) groups is 1. The predicted octanol–water partition coefficient (Wildman–Crippen LogP) is -0.462. The van der Waals surface area contributed by atoms with Gasteiger partial charge in [-0.25, -0.2) is 0 Å². The van der Waals surface area contributed by atoms with E-state index in [0.29, 0.717) is 0 Å². The van der Waals surface area contributed by atoms with Crippen LogP contribution in [0.5, 0.6) is 0 Å². The van der Waals surface area contributed by atoms with Crippen molar-refractivity contribution in [1.82, 2.24) is 0 Å². The van der Waals surface area contributed by atoms with Gasteiger partial charge in [-0.1, -0.05) is 0 Å². The molecule has 4 heteroatoms. The normalized spacial score (nSPS) is 11.6. The smallest absolute Gasteiger partial charge is 0.155 e. The van der Waals surface area contributed by atoms with Crippen LogP contribution in [0.15, 0.2) is 0 Å². The van der Waals surface area contributed by atoms with E-state index >= 15 is 0 Å². The van der Waals surface area contributed by atoms with E-state index in [1.54, 1.807) is 0 Å². The third kappa shape index (κ3) is 1.93. The van der Waals surface area contributed by atoms with Gasteiger partial charge in [0.1, 0.15) is 4.87 Å². The molecular formula is C5H9ClO3. The van der Waals surface area contributed by atoms with E-state index in [-0.39, 0.29) is 0 Å². The molecule has 0 saturated carbocycles. The average Bonchev–Trinajstić information content (AvgIpc) is 1.86. The maximum absolute atomic E-state index is 10.5. The van der Waals surface area contributed by atoms with E-state index in [1.165, 1.54) is 6.92 Å². The van der Waals surface area contributed by atoms with Gasteiger partial charge in [-0.15, -0.1) is 11.6 Å². The Hall–Kier alpha value is -0.120. The maximum Gasteiger partial charge on any atom is 0.155 e. The Labute approximate surface area is 58.3 Å². The Morgan fingerprint density at radius 3 is 1.89 bits per heavy atom. The number of aliphatic hydroxyl groups excluding tert-OH is 2. The first kappa shape index (κ1) is 8.88. The van der Waals surface area contributed by atoms with E-state index in [0.717, 1.165) is 0 Å². The molecule has 9 heavy (non-hydrogen) atoms. The highest BCUT2D eigenvalue weighted by Gasteiger charge is 2.30. The maximum atomic E-state index is 10.5. The minimum Gasteiger partial charge on any atom is -0.394 e. The Kier molecular flexibility index (Phi) is 3.11. The highest BCUT2D eigenvalue weighted by atomic mass is 35.5. The van der Waals surface area contributed by atoms with Crippen LogP contribution in [-0.4, -0.2) is 34.1 Å². The molecule has 0 aliphatic rings. The molecule has 0 aromatic carbocycles. The minimum absolute atomic E-state index is 0.422. The molecule has 3 nitrogen and oxygen atoms in total. The van der Waals surface area contributed by atoms with E-state index in [4.69, 9.17) is 21.8 Å². The van der Waals surface area contributed by atoms with Crippen molar-refractivity contribution in [3.05, 3.63) is 0 Å². The summed E-state index contributed by atoms with van der Waals surface area (Å²) in [6.07, 6.45) is 0. The van der Waals surface area contributed by atoms with Crippen LogP contribution in [0, 0.1) is 0 Å². The van der Waals surface area contributed by atoms with Crippen LogP contribution < -0.4 is 0 Å². The molecule has 0 heterocycles. The lowest BCUT2D eigenvalue weighted by atomic mass is 10.1. The number of halogens is 1. The highest BCUT2D eigenvalue weighted by molar-refractivity contribution is 6.35. The summed E-state index contributed by atoms with van der Waals surface area (Å²) in [4.78, 5) is 9.00. The zero-order valence-corrected chi connectivity index (χ0v) is 5.85. The monoisotopic (exact) mass is 152 g/mol. The van der Waals surface area contributed by atoms with Crippen molar-refractivity contribution in [2.24, 2.45) is 0 Å². The van der Waals surface area contributed by atoms with Gasteiger partial charge in [0, 0.05) is 0 Å². The summed E-state index contributed by atoms with van der Waals surface area (Å²) < 4.78 is 0. The molecule has 2 N–H and O–H groups in total. The molecule has 0 amide bonds. The van der Waals surface area contributed by atoms with Gasteiger partial charge in [0.25, 0.3) is 0 Å². The van der Waals surface area contributed by atoms with Crippen LogP contribution in [-0.2, 0) is 4.79 Å². The summed E-state index contributed by atoms with van der Waals surface area (Å²) >= 11 is 5.39. The zero-order valence-electron chi connectivity index (χ0n) is 5.09. The Morgan fingerprint density at radius 2 is 1.89 bits per heavy atom. The van der Waals surface area contributed by atoms with Crippen LogP contribution in [0.25, 0.3) is 0 Å². The topological polar surface area (TPSA) is 57.5 Å². The van der Waals surface area contributed by atoms with Gasteiger partial charge in [0.05, 0.1) is 13.2 Å². The fourth-order valence-corrected chi connectivity index (χ4v) is 0.273. The van der Waals surface area contributed by atoms with Crippen molar-refractivity contribution in [3.8, 4) is 0 Å². The molecule has 0 aromatic heterocycles. The van der Waals surface area contributed by atoms with Gasteiger partial charge in [0.15, 0.2) is 5.78 Å². The van der Waals surface area contributed by atoms with Crippen molar-refractivity contribution >= 4 is 17.4 Å². The van der Waals surface area contributed by atoms with Gasteiger partial charge in [-0.3, -0.25) is 4.79 Å². The van der Waals surface area contributed by atoms with Gasteiger partial charge < -0.3 is 10.2 Å². The molecule has 0 spiro atoms. The molecule has 0 saturated heterocycles. The number of aliphatic hydroxyl groups is 2. The van der Waals surface area contributed by atoms with Crippen molar-refractivity contribution < 1.29 is 15.0 Å². The zero-order chi connectivity index (χ0) is 7.49. The van der Waals surface area contributed by atoms with Crippen LogP contribution in [0.1, 0.15) is 6.92 Å². The lowest BCUT2D eigenvalue weighted by Gasteiger charge is -2.16. The summed E-state index contributed by atoms with van der Waals surface area (Å²) in [5, 5.41) is 16.9. The summed E-state index contributed by atoms with van der Waals surface area (Å²) in [5.74, 6) is -0.422. The summed E-state index contributed by atoms with van der Waals surface area (Å²) in [5.41, 5.74) is 0. The molecule has 54 valence electrons. The molecule has 0 radical (unpaired) electrons. The van der Waals surface area contributed by atoms with Crippen molar-refractivity contribution in [2.75, 3.05) is 13.2 Å². The summed E-state index contributed by atoms with van der Waals surface area (Å²) in [6.45, 7) is 0.167. The number of hydrogen-bond acceptors (Lipinski definition) is 3.